The van der Waals surface area contributed by atoms with Crippen LogP contribution in [-0.4, -0.2) is 40.7 Å². The Bertz CT molecular complexity index is 1070. The largest absolute Gasteiger partial charge is 0.496 e. The van der Waals surface area contributed by atoms with Crippen molar-refractivity contribution in [1.29, 1.82) is 0 Å². The van der Waals surface area contributed by atoms with Gasteiger partial charge in [-0.25, -0.2) is 0 Å². The van der Waals surface area contributed by atoms with E-state index < -0.39 is 0 Å². The van der Waals surface area contributed by atoms with Gasteiger partial charge in [0, 0.05) is 32.3 Å². The number of carbonyl (C=O) groups is 1. The van der Waals surface area contributed by atoms with E-state index in [1.54, 1.807) is 33.5 Å². The summed E-state index contributed by atoms with van der Waals surface area (Å²) >= 11 is 0. The molecular weight excluding hydrogens is 468 g/mol. The van der Waals surface area contributed by atoms with Crippen LogP contribution >= 0.6 is 0 Å². The lowest BCUT2D eigenvalue weighted by Crippen LogP contribution is -2.27. The summed E-state index contributed by atoms with van der Waals surface area (Å²) < 4.78 is 27.4. The number of ether oxygens (including phenoxy) is 5. The lowest BCUT2D eigenvalue weighted by atomic mass is 9.71. The van der Waals surface area contributed by atoms with Gasteiger partial charge in [-0.2, -0.15) is 0 Å². The minimum absolute atomic E-state index is 0.00234. The summed E-state index contributed by atoms with van der Waals surface area (Å²) in [5, 5.41) is 0. The fourth-order valence-electron chi connectivity index (χ4n) is 4.75. The van der Waals surface area contributed by atoms with Crippen LogP contribution in [0.5, 0.6) is 17.2 Å². The summed E-state index contributed by atoms with van der Waals surface area (Å²) in [5.74, 6) is 1.03. The molecule has 6 heteroatoms. The smallest absolute Gasteiger partial charge is 0.188 e. The van der Waals surface area contributed by atoms with Crippen LogP contribution < -0.4 is 14.2 Å². The number of aryl methyl sites for hydroxylation is 1. The number of hydrogen-bond acceptors (Lipinski definition) is 6. The van der Waals surface area contributed by atoms with E-state index in [9.17, 15) is 4.79 Å². The van der Waals surface area contributed by atoms with Crippen molar-refractivity contribution in [3.63, 3.8) is 0 Å². The Morgan fingerprint density at radius 1 is 0.973 bits per heavy atom. The molecule has 1 aliphatic rings. The summed E-state index contributed by atoms with van der Waals surface area (Å²) in [4.78, 5) is 14.3. The number of benzene rings is 2. The molecule has 0 N–H and O–H groups in total. The molecule has 2 aromatic rings. The molecule has 1 aliphatic carbocycles. The van der Waals surface area contributed by atoms with Gasteiger partial charge in [-0.15, -0.1) is 0 Å². The van der Waals surface area contributed by atoms with E-state index in [2.05, 4.69) is 57.2 Å². The molecule has 2 aromatic carbocycles. The molecule has 0 fully saturated rings. The number of methoxy groups -OCH3 is 3. The maximum absolute atomic E-state index is 14.3. The van der Waals surface area contributed by atoms with Gasteiger partial charge < -0.3 is 23.7 Å². The predicted octanol–water partition coefficient (Wildman–Crippen LogP) is 7.02. The minimum atomic E-state index is -0.266. The molecule has 0 unspecified atom stereocenters. The van der Waals surface area contributed by atoms with Gasteiger partial charge in [0.15, 0.2) is 19.4 Å². The highest BCUT2D eigenvalue weighted by molar-refractivity contribution is 6.03. The molecule has 3 rings (SSSR count). The number of Topliss-reactive ketones (excluding diaryl/α,β-unsaturated/α-hetero) is 1. The van der Waals surface area contributed by atoms with Gasteiger partial charge in [-0.3, -0.25) is 4.79 Å². The average Bonchev–Trinajstić information content (AvgIpc) is 2.90. The third-order valence-electron chi connectivity index (χ3n) is 6.67. The van der Waals surface area contributed by atoms with E-state index in [1.165, 1.54) is 22.3 Å². The highest BCUT2D eigenvalue weighted by Gasteiger charge is 2.36. The fourth-order valence-corrected chi connectivity index (χ4v) is 4.75. The second-order valence-corrected chi connectivity index (χ2v) is 9.71. The molecule has 0 saturated heterocycles. The summed E-state index contributed by atoms with van der Waals surface area (Å²) in [5.41, 5.74) is 5.48. The Labute approximate surface area is 221 Å². The van der Waals surface area contributed by atoms with Crippen LogP contribution in [0.1, 0.15) is 66.9 Å². The van der Waals surface area contributed by atoms with Crippen LogP contribution in [0.25, 0.3) is 0 Å². The van der Waals surface area contributed by atoms with Crippen molar-refractivity contribution in [3.05, 3.63) is 76.4 Å². The van der Waals surface area contributed by atoms with E-state index in [-0.39, 0.29) is 31.2 Å². The molecule has 37 heavy (non-hydrogen) atoms. The third kappa shape index (κ3) is 7.70. The van der Waals surface area contributed by atoms with Crippen molar-refractivity contribution < 1.29 is 28.5 Å². The number of carbonyl (C=O) groups excluding carboxylic acids is 1. The van der Waals surface area contributed by atoms with Crippen molar-refractivity contribution in [3.8, 4) is 17.2 Å². The first-order valence-electron chi connectivity index (χ1n) is 12.8. The molecule has 0 bridgehead atoms. The second kappa shape index (κ2) is 14.0. The number of hydrogen-bond donors (Lipinski definition) is 0. The van der Waals surface area contributed by atoms with Crippen LogP contribution in [-0.2, 0) is 9.47 Å². The van der Waals surface area contributed by atoms with Gasteiger partial charge in [0.1, 0.15) is 22.8 Å². The van der Waals surface area contributed by atoms with Crippen molar-refractivity contribution >= 4 is 5.78 Å². The highest BCUT2D eigenvalue weighted by Crippen LogP contribution is 2.44. The molecule has 0 aromatic heterocycles. The summed E-state index contributed by atoms with van der Waals surface area (Å²) in [7, 11) is 4.65. The monoisotopic (exact) mass is 508 g/mol. The number of allylic oxidation sites excluding steroid dienone is 4. The van der Waals surface area contributed by atoms with E-state index in [1.807, 2.05) is 0 Å². The number of rotatable bonds is 13. The molecule has 0 amide bonds. The quantitative estimate of drug-likeness (QED) is 0.165. The zero-order valence-corrected chi connectivity index (χ0v) is 23.0. The molecule has 0 spiro atoms. The molecule has 200 valence electrons. The first-order chi connectivity index (χ1) is 17.9. The van der Waals surface area contributed by atoms with Crippen molar-refractivity contribution in [2.45, 2.75) is 52.4 Å². The third-order valence-corrected chi connectivity index (χ3v) is 6.67. The van der Waals surface area contributed by atoms with Crippen LogP contribution in [0.15, 0.2) is 59.7 Å². The van der Waals surface area contributed by atoms with Crippen LogP contribution in [0.4, 0.5) is 0 Å². The molecule has 0 heterocycles. The first kappa shape index (κ1) is 28.5. The molecule has 0 radical (unpaired) electrons. The Balaban J connectivity index is 2.04. The summed E-state index contributed by atoms with van der Waals surface area (Å²) in [6.45, 7) is 6.32. The second-order valence-electron chi connectivity index (χ2n) is 9.71. The van der Waals surface area contributed by atoms with Crippen LogP contribution in [0, 0.1) is 12.8 Å². The van der Waals surface area contributed by atoms with Gasteiger partial charge >= 0.3 is 0 Å². The van der Waals surface area contributed by atoms with Crippen molar-refractivity contribution in [2.24, 2.45) is 5.92 Å². The SMILES string of the molecule is COCOc1cc(OC)cc(OCOC)c1C(=O)[C@@H]1CC=C(CCC=C(C)C)C[C@H]1c1ccc(C)cc1. The Kier molecular flexibility index (Phi) is 10.8. The molecule has 2 atom stereocenters. The molecule has 6 nitrogen and oxygen atoms in total. The normalized spacial score (nSPS) is 17.1. The Hall–Kier alpha value is -3.09. The van der Waals surface area contributed by atoms with Crippen molar-refractivity contribution in [2.75, 3.05) is 34.9 Å². The standard InChI is InChI=1S/C31H40O6/c1-21(2)8-7-9-23-12-15-26(27(16-23)24-13-10-22(3)11-14-24)31(32)30-28(36-19-33-4)17-25(35-6)18-29(30)37-20-34-5/h8,10-14,17-18,26-27H,7,9,15-16,19-20H2,1-6H3/t26-,27+/m1/s1. The van der Waals surface area contributed by atoms with E-state index in [0.717, 1.165) is 19.3 Å². The fraction of sp³-hybridized carbons (Fsp3) is 0.452. The van der Waals surface area contributed by atoms with E-state index in [0.29, 0.717) is 29.2 Å². The maximum atomic E-state index is 14.3. The van der Waals surface area contributed by atoms with Crippen LogP contribution in [0.3, 0.4) is 0 Å². The maximum Gasteiger partial charge on any atom is 0.188 e. The average molecular weight is 509 g/mol. The van der Waals surface area contributed by atoms with Crippen molar-refractivity contribution in [1.82, 2.24) is 0 Å². The van der Waals surface area contributed by atoms with Gasteiger partial charge in [0.2, 0.25) is 0 Å². The Morgan fingerprint density at radius 3 is 2.14 bits per heavy atom. The summed E-state index contributed by atoms with van der Waals surface area (Å²) in [6.07, 6.45) is 8.03. The number of ketones is 1. The first-order valence-corrected chi connectivity index (χ1v) is 12.8. The zero-order valence-electron chi connectivity index (χ0n) is 23.0. The Morgan fingerprint density at radius 2 is 1.59 bits per heavy atom. The zero-order chi connectivity index (χ0) is 26.8. The van der Waals surface area contributed by atoms with Gasteiger partial charge in [0.05, 0.1) is 7.11 Å². The molecule has 0 aliphatic heterocycles. The van der Waals surface area contributed by atoms with Crippen LogP contribution in [0.2, 0.25) is 0 Å². The van der Waals surface area contributed by atoms with E-state index >= 15 is 0 Å². The van der Waals surface area contributed by atoms with Gasteiger partial charge in [0.25, 0.3) is 0 Å². The molecule has 0 saturated carbocycles. The highest BCUT2D eigenvalue weighted by atomic mass is 16.7. The summed E-state index contributed by atoms with van der Waals surface area (Å²) in [6, 6.07) is 11.9. The van der Waals surface area contributed by atoms with Gasteiger partial charge in [-0.05, 0) is 57.9 Å². The van der Waals surface area contributed by atoms with Gasteiger partial charge in [-0.1, -0.05) is 53.1 Å². The minimum Gasteiger partial charge on any atom is -0.496 e. The topological polar surface area (TPSA) is 63.2 Å². The lowest BCUT2D eigenvalue weighted by molar-refractivity contribution is 0.0436. The predicted molar refractivity (Wildman–Crippen MR) is 146 cm³/mol. The molecular formula is C31H40O6. The van der Waals surface area contributed by atoms with E-state index in [4.69, 9.17) is 23.7 Å². The lowest BCUT2D eigenvalue weighted by Gasteiger charge is -2.32.